The summed E-state index contributed by atoms with van der Waals surface area (Å²) in [5.41, 5.74) is 11.5. The smallest absolute Gasteiger partial charge is 0.248 e. The summed E-state index contributed by atoms with van der Waals surface area (Å²) >= 11 is 0. The summed E-state index contributed by atoms with van der Waals surface area (Å²) in [4.78, 5) is 10.8. The van der Waals surface area contributed by atoms with Crippen molar-refractivity contribution in [2.24, 2.45) is 11.5 Å². The Bertz CT molecular complexity index is 249. The summed E-state index contributed by atoms with van der Waals surface area (Å²) in [7, 11) is 0. The lowest BCUT2D eigenvalue weighted by Crippen LogP contribution is -2.13. The SMILES string of the molecule is C\C=C/C(=C\C(N)=C/C)C(N)=O. The monoisotopic (exact) mass is 166 g/mol. The lowest BCUT2D eigenvalue weighted by Gasteiger charge is -1.95. The van der Waals surface area contributed by atoms with E-state index in [0.717, 1.165) is 0 Å². The molecule has 12 heavy (non-hydrogen) atoms. The lowest BCUT2D eigenvalue weighted by atomic mass is 10.2. The minimum Gasteiger partial charge on any atom is -0.399 e. The average molecular weight is 166 g/mol. The van der Waals surface area contributed by atoms with Gasteiger partial charge in [0.15, 0.2) is 0 Å². The third-order valence-corrected chi connectivity index (χ3v) is 1.29. The molecule has 0 unspecified atom stereocenters. The molecule has 0 heterocycles. The number of hydrogen-bond acceptors (Lipinski definition) is 2. The van der Waals surface area contributed by atoms with Crippen molar-refractivity contribution in [3.63, 3.8) is 0 Å². The van der Waals surface area contributed by atoms with E-state index in [-0.39, 0.29) is 0 Å². The van der Waals surface area contributed by atoms with Crippen molar-refractivity contribution in [1.29, 1.82) is 0 Å². The van der Waals surface area contributed by atoms with Gasteiger partial charge in [0.2, 0.25) is 5.91 Å². The molecule has 0 saturated carbocycles. The highest BCUT2D eigenvalue weighted by atomic mass is 16.1. The van der Waals surface area contributed by atoms with Crippen LogP contribution < -0.4 is 11.5 Å². The summed E-state index contributed by atoms with van der Waals surface area (Å²) in [6.45, 7) is 3.60. The van der Waals surface area contributed by atoms with Crippen LogP contribution >= 0.6 is 0 Å². The minimum absolute atomic E-state index is 0.410. The predicted octanol–water partition coefficient (Wildman–Crippen LogP) is 0.837. The number of carbonyl (C=O) groups is 1. The van der Waals surface area contributed by atoms with Crippen LogP contribution in [0.2, 0.25) is 0 Å². The van der Waals surface area contributed by atoms with E-state index in [0.29, 0.717) is 11.3 Å². The molecule has 0 fully saturated rings. The summed E-state index contributed by atoms with van der Waals surface area (Å²) < 4.78 is 0. The number of amides is 1. The van der Waals surface area contributed by atoms with Gasteiger partial charge < -0.3 is 11.5 Å². The second-order valence-corrected chi connectivity index (χ2v) is 2.25. The van der Waals surface area contributed by atoms with E-state index >= 15 is 0 Å². The molecule has 0 bridgehead atoms. The van der Waals surface area contributed by atoms with Crippen LogP contribution in [0, 0.1) is 0 Å². The maximum atomic E-state index is 10.8. The molecule has 0 rings (SSSR count). The van der Waals surface area contributed by atoms with Crippen LogP contribution in [0.5, 0.6) is 0 Å². The first-order valence-corrected chi connectivity index (χ1v) is 3.67. The molecule has 4 N–H and O–H groups in total. The molecule has 0 aromatic carbocycles. The average Bonchev–Trinajstić information content (AvgIpc) is 2.03. The number of carbonyl (C=O) groups excluding carboxylic acids is 1. The zero-order chi connectivity index (χ0) is 9.56. The highest BCUT2D eigenvalue weighted by Gasteiger charge is 1.98. The molecule has 3 heteroatoms. The minimum atomic E-state index is -0.474. The van der Waals surface area contributed by atoms with Crippen molar-refractivity contribution in [1.82, 2.24) is 0 Å². The number of primary amides is 1. The molecular formula is C9H14N2O. The van der Waals surface area contributed by atoms with Gasteiger partial charge in [-0.2, -0.15) is 0 Å². The van der Waals surface area contributed by atoms with Crippen LogP contribution in [0.3, 0.4) is 0 Å². The Balaban J connectivity index is 4.73. The molecule has 0 aromatic rings. The standard InChI is InChI=1S/C9H14N2O/c1-3-5-7(9(11)12)6-8(10)4-2/h3-6H,10H2,1-2H3,(H2,11,12)/b5-3-,7-6+,8-4+. The van der Waals surface area contributed by atoms with Gasteiger partial charge in [-0.25, -0.2) is 0 Å². The fourth-order valence-electron chi connectivity index (χ4n) is 0.644. The Morgan fingerprint density at radius 1 is 1.25 bits per heavy atom. The molecule has 0 saturated heterocycles. The maximum Gasteiger partial charge on any atom is 0.248 e. The van der Waals surface area contributed by atoms with Crippen LogP contribution in [-0.2, 0) is 4.79 Å². The largest absolute Gasteiger partial charge is 0.399 e. The van der Waals surface area contributed by atoms with Crippen molar-refractivity contribution < 1.29 is 4.79 Å². The van der Waals surface area contributed by atoms with E-state index in [1.165, 1.54) is 0 Å². The van der Waals surface area contributed by atoms with Crippen LogP contribution in [0.1, 0.15) is 13.8 Å². The molecular weight excluding hydrogens is 152 g/mol. The fraction of sp³-hybridized carbons (Fsp3) is 0.222. The van der Waals surface area contributed by atoms with Crippen molar-refractivity contribution in [2.75, 3.05) is 0 Å². The van der Waals surface area contributed by atoms with Gasteiger partial charge in [0.25, 0.3) is 0 Å². The van der Waals surface area contributed by atoms with E-state index in [1.54, 1.807) is 31.2 Å². The molecule has 3 nitrogen and oxygen atoms in total. The zero-order valence-corrected chi connectivity index (χ0v) is 7.37. The van der Waals surface area contributed by atoms with E-state index in [9.17, 15) is 4.79 Å². The first-order chi connectivity index (χ1) is 5.61. The van der Waals surface area contributed by atoms with Gasteiger partial charge in [0, 0.05) is 11.3 Å². The molecule has 0 spiro atoms. The molecule has 0 atom stereocenters. The van der Waals surface area contributed by atoms with E-state index in [4.69, 9.17) is 11.5 Å². The second kappa shape index (κ2) is 5.18. The first-order valence-electron chi connectivity index (χ1n) is 3.67. The van der Waals surface area contributed by atoms with Gasteiger partial charge in [-0.3, -0.25) is 4.79 Å². The summed E-state index contributed by atoms with van der Waals surface area (Å²) in [6, 6.07) is 0. The van der Waals surface area contributed by atoms with E-state index in [2.05, 4.69) is 0 Å². The van der Waals surface area contributed by atoms with Gasteiger partial charge in [0.05, 0.1) is 0 Å². The molecule has 0 aliphatic rings. The molecule has 0 aliphatic heterocycles. The van der Waals surface area contributed by atoms with E-state index < -0.39 is 5.91 Å². The number of rotatable bonds is 3. The van der Waals surface area contributed by atoms with Crippen LogP contribution in [0.25, 0.3) is 0 Å². The normalized spacial score (nSPS) is 13.8. The van der Waals surface area contributed by atoms with Crippen molar-refractivity contribution >= 4 is 5.91 Å². The quantitative estimate of drug-likeness (QED) is 0.481. The highest BCUT2D eigenvalue weighted by molar-refractivity contribution is 5.95. The van der Waals surface area contributed by atoms with E-state index in [1.807, 2.05) is 6.92 Å². The third-order valence-electron chi connectivity index (χ3n) is 1.29. The van der Waals surface area contributed by atoms with Crippen LogP contribution in [0.4, 0.5) is 0 Å². The van der Waals surface area contributed by atoms with Crippen molar-refractivity contribution in [3.8, 4) is 0 Å². The Morgan fingerprint density at radius 3 is 2.17 bits per heavy atom. The maximum absolute atomic E-state index is 10.8. The van der Waals surface area contributed by atoms with Crippen LogP contribution in [-0.4, -0.2) is 5.91 Å². The molecule has 0 radical (unpaired) electrons. The molecule has 0 aromatic heterocycles. The molecule has 66 valence electrons. The fourth-order valence-corrected chi connectivity index (χ4v) is 0.644. The summed E-state index contributed by atoms with van der Waals surface area (Å²) in [5.74, 6) is -0.474. The Kier molecular flexibility index (Phi) is 4.53. The Morgan fingerprint density at radius 2 is 1.83 bits per heavy atom. The Labute approximate surface area is 72.4 Å². The van der Waals surface area contributed by atoms with Gasteiger partial charge in [0.1, 0.15) is 0 Å². The predicted molar refractivity (Wildman–Crippen MR) is 50.0 cm³/mol. The first kappa shape index (κ1) is 10.5. The third kappa shape index (κ3) is 3.61. The van der Waals surface area contributed by atoms with Gasteiger partial charge in [-0.05, 0) is 19.9 Å². The topological polar surface area (TPSA) is 69.1 Å². The Hall–Kier alpha value is -1.51. The van der Waals surface area contributed by atoms with Crippen molar-refractivity contribution in [2.45, 2.75) is 13.8 Å². The van der Waals surface area contributed by atoms with Crippen molar-refractivity contribution in [3.05, 3.63) is 35.6 Å². The molecule has 1 amide bonds. The molecule has 0 aliphatic carbocycles. The van der Waals surface area contributed by atoms with Gasteiger partial charge in [-0.15, -0.1) is 0 Å². The summed E-state index contributed by atoms with van der Waals surface area (Å²) in [6.07, 6.45) is 6.60. The zero-order valence-electron chi connectivity index (χ0n) is 7.37. The van der Waals surface area contributed by atoms with Crippen LogP contribution in [0.15, 0.2) is 35.6 Å². The number of hydrogen-bond donors (Lipinski definition) is 2. The number of nitrogens with two attached hydrogens (primary N) is 2. The van der Waals surface area contributed by atoms with Gasteiger partial charge in [-0.1, -0.05) is 18.2 Å². The lowest BCUT2D eigenvalue weighted by molar-refractivity contribution is -0.114. The van der Waals surface area contributed by atoms with Gasteiger partial charge >= 0.3 is 0 Å². The number of allylic oxidation sites excluding steroid dienone is 3. The second-order valence-electron chi connectivity index (χ2n) is 2.25. The highest BCUT2D eigenvalue weighted by Crippen LogP contribution is 1.99. The summed E-state index contributed by atoms with van der Waals surface area (Å²) in [5, 5.41) is 0.